The second-order valence-electron chi connectivity index (χ2n) is 4.00. The quantitative estimate of drug-likeness (QED) is 0.871. The molecule has 0 aliphatic carbocycles. The Morgan fingerprint density at radius 2 is 1.65 bits per heavy atom. The summed E-state index contributed by atoms with van der Waals surface area (Å²) in [5.74, 6) is 0.822. The minimum absolute atomic E-state index is 0.273. The molecule has 0 saturated heterocycles. The highest BCUT2D eigenvalue weighted by Gasteiger charge is 2.08. The molecule has 0 radical (unpaired) electrons. The van der Waals surface area contributed by atoms with E-state index in [2.05, 4.69) is 0 Å². The Balaban J connectivity index is 1.97. The van der Waals surface area contributed by atoms with E-state index < -0.39 is 6.10 Å². The standard InChI is InChI=1S/C15H16O2/c1-12-7-5-6-10-15(12)17-11-14(16)13-8-3-2-4-9-13/h2-10,14,16H,11H2,1H3. The van der Waals surface area contributed by atoms with Crippen molar-refractivity contribution in [3.05, 3.63) is 65.7 Å². The van der Waals surface area contributed by atoms with Gasteiger partial charge in [-0.25, -0.2) is 0 Å². The molecule has 0 heterocycles. The van der Waals surface area contributed by atoms with Gasteiger partial charge in [-0.3, -0.25) is 0 Å². The van der Waals surface area contributed by atoms with Gasteiger partial charge in [0.1, 0.15) is 18.5 Å². The molecule has 2 aromatic rings. The lowest BCUT2D eigenvalue weighted by Gasteiger charge is -2.13. The summed E-state index contributed by atoms with van der Waals surface area (Å²) in [7, 11) is 0. The van der Waals surface area contributed by atoms with Crippen LogP contribution in [-0.4, -0.2) is 11.7 Å². The van der Waals surface area contributed by atoms with Crippen LogP contribution in [0.2, 0.25) is 0 Å². The predicted molar refractivity (Wildman–Crippen MR) is 68.1 cm³/mol. The SMILES string of the molecule is Cc1ccccc1OCC(O)c1ccccc1. The molecule has 0 aromatic heterocycles. The minimum atomic E-state index is -0.587. The Morgan fingerprint density at radius 1 is 1.00 bits per heavy atom. The molecule has 0 saturated carbocycles. The number of aliphatic hydroxyl groups excluding tert-OH is 1. The molecule has 17 heavy (non-hydrogen) atoms. The summed E-state index contributed by atoms with van der Waals surface area (Å²) in [5, 5.41) is 9.95. The zero-order chi connectivity index (χ0) is 12.1. The average molecular weight is 228 g/mol. The maximum Gasteiger partial charge on any atom is 0.122 e. The zero-order valence-electron chi connectivity index (χ0n) is 9.84. The topological polar surface area (TPSA) is 29.5 Å². The van der Waals surface area contributed by atoms with E-state index in [1.807, 2.05) is 61.5 Å². The first kappa shape index (κ1) is 11.7. The van der Waals surface area contributed by atoms with E-state index in [4.69, 9.17) is 4.74 Å². The van der Waals surface area contributed by atoms with E-state index >= 15 is 0 Å². The van der Waals surface area contributed by atoms with Gasteiger partial charge in [0.2, 0.25) is 0 Å². The summed E-state index contributed by atoms with van der Waals surface area (Å²) in [6, 6.07) is 17.3. The smallest absolute Gasteiger partial charge is 0.122 e. The Hall–Kier alpha value is -1.80. The Morgan fingerprint density at radius 3 is 2.35 bits per heavy atom. The van der Waals surface area contributed by atoms with Crippen LogP contribution in [0.25, 0.3) is 0 Å². The number of aryl methyl sites for hydroxylation is 1. The van der Waals surface area contributed by atoms with Crippen LogP contribution in [0.3, 0.4) is 0 Å². The molecule has 0 fully saturated rings. The largest absolute Gasteiger partial charge is 0.490 e. The van der Waals surface area contributed by atoms with Gasteiger partial charge in [-0.15, -0.1) is 0 Å². The van der Waals surface area contributed by atoms with Crippen molar-refractivity contribution in [1.82, 2.24) is 0 Å². The first-order valence-corrected chi connectivity index (χ1v) is 5.69. The van der Waals surface area contributed by atoms with Crippen LogP contribution < -0.4 is 4.74 Å². The van der Waals surface area contributed by atoms with Crippen molar-refractivity contribution in [3.8, 4) is 5.75 Å². The first-order chi connectivity index (χ1) is 8.27. The van der Waals surface area contributed by atoms with Crippen LogP contribution in [0.1, 0.15) is 17.2 Å². The second kappa shape index (κ2) is 5.51. The van der Waals surface area contributed by atoms with E-state index in [0.29, 0.717) is 0 Å². The highest BCUT2D eigenvalue weighted by molar-refractivity contribution is 5.31. The van der Waals surface area contributed by atoms with Crippen LogP contribution in [0, 0.1) is 6.92 Å². The Labute approximate surface area is 101 Å². The summed E-state index contributed by atoms with van der Waals surface area (Å²) >= 11 is 0. The normalized spacial score (nSPS) is 12.1. The van der Waals surface area contributed by atoms with E-state index in [1.165, 1.54) is 0 Å². The molecule has 2 heteroatoms. The fourth-order valence-corrected chi connectivity index (χ4v) is 1.66. The molecule has 1 N–H and O–H groups in total. The highest BCUT2D eigenvalue weighted by atomic mass is 16.5. The van der Waals surface area contributed by atoms with Gasteiger partial charge in [0, 0.05) is 0 Å². The maximum atomic E-state index is 9.95. The van der Waals surface area contributed by atoms with E-state index in [9.17, 15) is 5.11 Å². The van der Waals surface area contributed by atoms with Crippen LogP contribution in [0.4, 0.5) is 0 Å². The van der Waals surface area contributed by atoms with Gasteiger partial charge in [0.15, 0.2) is 0 Å². The molecule has 2 aromatic carbocycles. The number of aliphatic hydroxyl groups is 1. The molecule has 0 aliphatic rings. The van der Waals surface area contributed by atoms with Gasteiger partial charge in [0.25, 0.3) is 0 Å². The molecule has 0 aliphatic heterocycles. The molecule has 2 rings (SSSR count). The third-order valence-corrected chi connectivity index (χ3v) is 2.67. The van der Waals surface area contributed by atoms with Gasteiger partial charge in [-0.1, -0.05) is 48.5 Å². The number of hydrogen-bond donors (Lipinski definition) is 1. The van der Waals surface area contributed by atoms with Crippen molar-refractivity contribution >= 4 is 0 Å². The van der Waals surface area contributed by atoms with Gasteiger partial charge < -0.3 is 9.84 Å². The summed E-state index contributed by atoms with van der Waals surface area (Å²) in [6.07, 6.45) is -0.587. The maximum absolute atomic E-state index is 9.95. The second-order valence-corrected chi connectivity index (χ2v) is 4.00. The molecule has 1 unspecified atom stereocenters. The number of ether oxygens (including phenoxy) is 1. The number of rotatable bonds is 4. The summed E-state index contributed by atoms with van der Waals surface area (Å²) in [5.41, 5.74) is 1.95. The average Bonchev–Trinajstić information content (AvgIpc) is 2.38. The van der Waals surface area contributed by atoms with E-state index in [0.717, 1.165) is 16.9 Å². The van der Waals surface area contributed by atoms with Crippen molar-refractivity contribution in [2.45, 2.75) is 13.0 Å². The first-order valence-electron chi connectivity index (χ1n) is 5.69. The van der Waals surface area contributed by atoms with Crippen molar-refractivity contribution < 1.29 is 9.84 Å². The molecular weight excluding hydrogens is 212 g/mol. The zero-order valence-corrected chi connectivity index (χ0v) is 9.84. The summed E-state index contributed by atoms with van der Waals surface area (Å²) in [6.45, 7) is 2.26. The van der Waals surface area contributed by atoms with Gasteiger partial charge in [-0.2, -0.15) is 0 Å². The Bertz CT molecular complexity index is 465. The van der Waals surface area contributed by atoms with Crippen LogP contribution >= 0.6 is 0 Å². The molecule has 0 spiro atoms. The van der Waals surface area contributed by atoms with Crippen molar-refractivity contribution in [1.29, 1.82) is 0 Å². The fraction of sp³-hybridized carbons (Fsp3) is 0.200. The third kappa shape index (κ3) is 3.08. The minimum Gasteiger partial charge on any atom is -0.490 e. The molecule has 0 amide bonds. The van der Waals surface area contributed by atoms with Crippen LogP contribution in [0.15, 0.2) is 54.6 Å². The monoisotopic (exact) mass is 228 g/mol. The number of hydrogen-bond acceptors (Lipinski definition) is 2. The van der Waals surface area contributed by atoms with Gasteiger partial charge >= 0.3 is 0 Å². The van der Waals surface area contributed by atoms with E-state index in [-0.39, 0.29) is 6.61 Å². The lowest BCUT2D eigenvalue weighted by Crippen LogP contribution is -2.09. The van der Waals surface area contributed by atoms with Crippen LogP contribution in [0.5, 0.6) is 5.75 Å². The number of benzene rings is 2. The van der Waals surface area contributed by atoms with Crippen molar-refractivity contribution in [2.75, 3.05) is 6.61 Å². The fourth-order valence-electron chi connectivity index (χ4n) is 1.66. The van der Waals surface area contributed by atoms with Crippen LogP contribution in [-0.2, 0) is 0 Å². The molecule has 0 bridgehead atoms. The molecular formula is C15H16O2. The highest BCUT2D eigenvalue weighted by Crippen LogP contribution is 2.19. The lowest BCUT2D eigenvalue weighted by atomic mass is 10.1. The van der Waals surface area contributed by atoms with Gasteiger partial charge in [0.05, 0.1) is 0 Å². The number of para-hydroxylation sites is 1. The van der Waals surface area contributed by atoms with Crippen molar-refractivity contribution in [2.24, 2.45) is 0 Å². The van der Waals surface area contributed by atoms with Crippen molar-refractivity contribution in [3.63, 3.8) is 0 Å². The summed E-state index contributed by atoms with van der Waals surface area (Å²) in [4.78, 5) is 0. The summed E-state index contributed by atoms with van der Waals surface area (Å²) < 4.78 is 5.60. The molecule has 88 valence electrons. The lowest BCUT2D eigenvalue weighted by molar-refractivity contribution is 0.108. The molecule has 1 atom stereocenters. The Kier molecular flexibility index (Phi) is 3.78. The predicted octanol–water partition coefficient (Wildman–Crippen LogP) is 3.11. The molecule has 2 nitrogen and oxygen atoms in total. The van der Waals surface area contributed by atoms with E-state index in [1.54, 1.807) is 0 Å². The third-order valence-electron chi connectivity index (χ3n) is 2.67. The van der Waals surface area contributed by atoms with Gasteiger partial charge in [-0.05, 0) is 24.1 Å².